The van der Waals surface area contributed by atoms with E-state index in [4.69, 9.17) is 4.74 Å². The van der Waals surface area contributed by atoms with E-state index in [1.807, 2.05) is 18.2 Å². The first-order valence-electron chi connectivity index (χ1n) is 5.76. The van der Waals surface area contributed by atoms with Gasteiger partial charge in [-0.05, 0) is 40.0 Å². The number of benzene rings is 1. The zero-order chi connectivity index (χ0) is 13.2. The predicted molar refractivity (Wildman–Crippen MR) is 74.6 cm³/mol. The molecule has 1 saturated heterocycles. The van der Waals surface area contributed by atoms with Crippen molar-refractivity contribution in [2.75, 3.05) is 18.6 Å². The van der Waals surface area contributed by atoms with Crippen LogP contribution in [0.3, 0.4) is 0 Å². The molecular weight excluding hydrogens is 318 g/mol. The standard InChI is InChI=1S/C12H16BrNO3S/c1-17-12-3-2-9(6-11(12)13)7-14-10-4-5-18(15,16)8-10/h2-3,6,10,14H,4-5,7-8H2,1H3/t10-/m1/s1. The van der Waals surface area contributed by atoms with Gasteiger partial charge in [0.2, 0.25) is 0 Å². The lowest BCUT2D eigenvalue weighted by Crippen LogP contribution is -2.29. The molecule has 0 unspecified atom stereocenters. The molecule has 6 heteroatoms. The van der Waals surface area contributed by atoms with Crippen molar-refractivity contribution in [3.63, 3.8) is 0 Å². The summed E-state index contributed by atoms with van der Waals surface area (Å²) >= 11 is 3.43. The molecule has 1 heterocycles. The highest BCUT2D eigenvalue weighted by Crippen LogP contribution is 2.25. The molecule has 4 nitrogen and oxygen atoms in total. The van der Waals surface area contributed by atoms with Crippen molar-refractivity contribution in [1.82, 2.24) is 5.32 Å². The van der Waals surface area contributed by atoms with Gasteiger partial charge in [0.15, 0.2) is 9.84 Å². The van der Waals surface area contributed by atoms with Crippen LogP contribution in [0.5, 0.6) is 5.75 Å². The number of rotatable bonds is 4. The Hall–Kier alpha value is -0.590. The van der Waals surface area contributed by atoms with Gasteiger partial charge >= 0.3 is 0 Å². The molecule has 0 aromatic heterocycles. The van der Waals surface area contributed by atoms with Crippen molar-refractivity contribution in [3.8, 4) is 5.75 Å². The summed E-state index contributed by atoms with van der Waals surface area (Å²) in [6.45, 7) is 0.669. The Morgan fingerprint density at radius 1 is 1.50 bits per heavy atom. The van der Waals surface area contributed by atoms with Gasteiger partial charge in [-0.2, -0.15) is 0 Å². The fourth-order valence-corrected chi connectivity index (χ4v) is 4.33. The molecule has 1 aromatic rings. The van der Waals surface area contributed by atoms with Crippen LogP contribution in [-0.4, -0.2) is 33.1 Å². The Bertz CT molecular complexity index is 530. The van der Waals surface area contributed by atoms with Gasteiger partial charge in [0.05, 0.1) is 23.1 Å². The molecule has 0 radical (unpaired) electrons. The van der Waals surface area contributed by atoms with Crippen molar-refractivity contribution < 1.29 is 13.2 Å². The van der Waals surface area contributed by atoms with E-state index >= 15 is 0 Å². The summed E-state index contributed by atoms with van der Waals surface area (Å²) in [5.41, 5.74) is 1.10. The highest BCUT2D eigenvalue weighted by atomic mass is 79.9. The third kappa shape index (κ3) is 3.46. The molecule has 0 saturated carbocycles. The van der Waals surface area contributed by atoms with Gasteiger partial charge in [-0.15, -0.1) is 0 Å². The maximum Gasteiger partial charge on any atom is 0.151 e. The van der Waals surface area contributed by atoms with Crippen molar-refractivity contribution in [2.45, 2.75) is 19.0 Å². The lowest BCUT2D eigenvalue weighted by atomic mass is 10.2. The van der Waals surface area contributed by atoms with Gasteiger partial charge in [-0.1, -0.05) is 6.07 Å². The Morgan fingerprint density at radius 3 is 2.83 bits per heavy atom. The fraction of sp³-hybridized carbons (Fsp3) is 0.500. The average molecular weight is 334 g/mol. The second-order valence-corrected chi connectivity index (χ2v) is 7.53. The van der Waals surface area contributed by atoms with Crippen LogP contribution in [0.4, 0.5) is 0 Å². The quantitative estimate of drug-likeness (QED) is 0.911. The molecule has 100 valence electrons. The van der Waals surface area contributed by atoms with Crippen molar-refractivity contribution in [2.24, 2.45) is 0 Å². The average Bonchev–Trinajstić information content (AvgIpc) is 2.66. The third-order valence-corrected chi connectivity index (χ3v) is 5.43. The van der Waals surface area contributed by atoms with Crippen LogP contribution in [0.2, 0.25) is 0 Å². The summed E-state index contributed by atoms with van der Waals surface area (Å²) in [6.07, 6.45) is 0.708. The number of sulfone groups is 1. The van der Waals surface area contributed by atoms with E-state index in [1.165, 1.54) is 0 Å². The lowest BCUT2D eigenvalue weighted by Gasteiger charge is -2.11. The maximum atomic E-state index is 11.3. The number of ether oxygens (including phenoxy) is 1. The van der Waals surface area contributed by atoms with Gasteiger partial charge < -0.3 is 10.1 Å². The molecule has 0 aliphatic carbocycles. The van der Waals surface area contributed by atoms with E-state index < -0.39 is 9.84 Å². The van der Waals surface area contributed by atoms with E-state index in [1.54, 1.807) is 7.11 Å². The SMILES string of the molecule is COc1ccc(CN[C@@H]2CCS(=O)(=O)C2)cc1Br. The highest BCUT2D eigenvalue weighted by molar-refractivity contribution is 9.10. The number of methoxy groups -OCH3 is 1. The number of nitrogens with one attached hydrogen (secondary N) is 1. The molecule has 0 spiro atoms. The lowest BCUT2D eigenvalue weighted by molar-refractivity contribution is 0.412. The smallest absolute Gasteiger partial charge is 0.151 e. The van der Waals surface area contributed by atoms with Crippen LogP contribution in [0.15, 0.2) is 22.7 Å². The summed E-state index contributed by atoms with van der Waals surface area (Å²) in [5, 5.41) is 3.28. The van der Waals surface area contributed by atoms with Crippen LogP contribution in [0.1, 0.15) is 12.0 Å². The highest BCUT2D eigenvalue weighted by Gasteiger charge is 2.27. The van der Waals surface area contributed by atoms with E-state index in [0.717, 1.165) is 15.8 Å². The summed E-state index contributed by atoms with van der Waals surface area (Å²) in [4.78, 5) is 0. The first-order valence-corrected chi connectivity index (χ1v) is 8.38. The zero-order valence-electron chi connectivity index (χ0n) is 10.1. The molecule has 1 aliphatic heterocycles. The van der Waals surface area contributed by atoms with E-state index in [2.05, 4.69) is 21.2 Å². The predicted octanol–water partition coefficient (Wildman–Crippen LogP) is 1.73. The molecule has 1 fully saturated rings. The van der Waals surface area contributed by atoms with Gasteiger partial charge in [-0.3, -0.25) is 0 Å². The molecular formula is C12H16BrNO3S. The summed E-state index contributed by atoms with van der Waals surface area (Å²) in [6, 6.07) is 5.93. The maximum absolute atomic E-state index is 11.3. The zero-order valence-corrected chi connectivity index (χ0v) is 12.6. The van der Waals surface area contributed by atoms with Crippen LogP contribution < -0.4 is 10.1 Å². The largest absolute Gasteiger partial charge is 0.496 e. The molecule has 1 atom stereocenters. The number of halogens is 1. The Labute approximate surface area is 116 Å². The normalized spacial score (nSPS) is 22.0. The Kier molecular flexibility index (Phi) is 4.29. The molecule has 2 rings (SSSR count). The molecule has 1 N–H and O–H groups in total. The van der Waals surface area contributed by atoms with Crippen LogP contribution in [0, 0.1) is 0 Å². The second-order valence-electron chi connectivity index (χ2n) is 4.45. The minimum absolute atomic E-state index is 0.0795. The monoisotopic (exact) mass is 333 g/mol. The minimum Gasteiger partial charge on any atom is -0.496 e. The summed E-state index contributed by atoms with van der Waals surface area (Å²) in [5.74, 6) is 1.35. The van der Waals surface area contributed by atoms with Gasteiger partial charge in [0.1, 0.15) is 5.75 Å². The summed E-state index contributed by atoms with van der Waals surface area (Å²) in [7, 11) is -1.18. The van der Waals surface area contributed by atoms with E-state index in [0.29, 0.717) is 18.7 Å². The number of hydrogen-bond acceptors (Lipinski definition) is 4. The molecule has 18 heavy (non-hydrogen) atoms. The van der Waals surface area contributed by atoms with Gasteiger partial charge in [0.25, 0.3) is 0 Å². The second kappa shape index (κ2) is 5.59. The topological polar surface area (TPSA) is 55.4 Å². The fourth-order valence-electron chi connectivity index (χ4n) is 2.04. The van der Waals surface area contributed by atoms with Crippen molar-refractivity contribution in [1.29, 1.82) is 0 Å². The molecule has 1 aromatic carbocycles. The van der Waals surface area contributed by atoms with Crippen molar-refractivity contribution in [3.05, 3.63) is 28.2 Å². The van der Waals surface area contributed by atoms with Crippen LogP contribution >= 0.6 is 15.9 Å². The molecule has 0 amide bonds. The first kappa shape index (κ1) is 13.8. The number of hydrogen-bond donors (Lipinski definition) is 1. The third-order valence-electron chi connectivity index (χ3n) is 3.04. The van der Waals surface area contributed by atoms with Gasteiger partial charge in [0, 0.05) is 12.6 Å². The van der Waals surface area contributed by atoms with E-state index in [-0.39, 0.29) is 11.8 Å². The minimum atomic E-state index is -2.81. The van der Waals surface area contributed by atoms with Crippen LogP contribution in [0.25, 0.3) is 0 Å². The van der Waals surface area contributed by atoms with Crippen LogP contribution in [-0.2, 0) is 16.4 Å². The summed E-state index contributed by atoms with van der Waals surface area (Å²) < 4.78 is 28.7. The first-order chi connectivity index (χ1) is 8.50. The van der Waals surface area contributed by atoms with Crippen molar-refractivity contribution >= 4 is 25.8 Å². The Morgan fingerprint density at radius 2 is 2.28 bits per heavy atom. The van der Waals surface area contributed by atoms with Gasteiger partial charge in [-0.25, -0.2) is 8.42 Å². The molecule has 1 aliphatic rings. The molecule has 0 bridgehead atoms. The Balaban J connectivity index is 1.93. The van der Waals surface area contributed by atoms with E-state index in [9.17, 15) is 8.42 Å².